The second-order valence-corrected chi connectivity index (χ2v) is 7.98. The number of ether oxygens (including phenoxy) is 1. The summed E-state index contributed by atoms with van der Waals surface area (Å²) in [5, 5.41) is 10.9. The summed E-state index contributed by atoms with van der Waals surface area (Å²) in [7, 11) is 1.24. The topological polar surface area (TPSA) is 101 Å². The number of hydrogen-bond donors (Lipinski definition) is 2. The minimum absolute atomic E-state index is 0.155. The van der Waals surface area contributed by atoms with E-state index in [-0.39, 0.29) is 5.41 Å². The Balaban J connectivity index is 1.84. The number of esters is 1. The summed E-state index contributed by atoms with van der Waals surface area (Å²) in [6, 6.07) is 5.36. The second-order valence-electron chi connectivity index (χ2n) is 7.60. The van der Waals surface area contributed by atoms with Gasteiger partial charge in [-0.3, -0.25) is 9.89 Å². The van der Waals surface area contributed by atoms with Crippen molar-refractivity contribution in [1.29, 1.82) is 0 Å². The zero-order chi connectivity index (χ0) is 21.3. The highest BCUT2D eigenvalue weighted by atomic mass is 35.5. The van der Waals surface area contributed by atoms with E-state index in [1.54, 1.807) is 16.8 Å². The largest absolute Gasteiger partial charge is 0.466 e. The Morgan fingerprint density at radius 3 is 2.59 bits per heavy atom. The number of benzene rings is 1. The lowest BCUT2D eigenvalue weighted by atomic mass is 9.92. The van der Waals surface area contributed by atoms with Gasteiger partial charge in [-0.25, -0.2) is 9.78 Å². The van der Waals surface area contributed by atoms with Crippen molar-refractivity contribution in [2.24, 2.45) is 0 Å². The summed E-state index contributed by atoms with van der Waals surface area (Å²) in [5.41, 5.74) is 3.56. The quantitative estimate of drug-likeness (QED) is 0.500. The van der Waals surface area contributed by atoms with Crippen LogP contribution in [-0.2, 0) is 19.7 Å². The zero-order valence-corrected chi connectivity index (χ0v) is 17.6. The van der Waals surface area contributed by atoms with Crippen molar-refractivity contribution in [3.05, 3.63) is 46.6 Å². The monoisotopic (exact) mass is 415 g/mol. The number of methoxy groups -OCH3 is 1. The number of nitrogens with one attached hydrogen (secondary N) is 2. The minimum Gasteiger partial charge on any atom is -0.466 e. The van der Waals surface area contributed by atoms with E-state index in [0.717, 1.165) is 29.0 Å². The van der Waals surface area contributed by atoms with E-state index in [4.69, 9.17) is 11.6 Å². The van der Waals surface area contributed by atoms with Crippen LogP contribution >= 0.6 is 11.6 Å². The molecule has 0 radical (unpaired) electrons. The number of carbonyl (C=O) groups is 2. The lowest BCUT2D eigenvalue weighted by molar-refractivity contribution is -0.135. The lowest BCUT2D eigenvalue weighted by Crippen LogP contribution is -2.13. The predicted molar refractivity (Wildman–Crippen MR) is 111 cm³/mol. The van der Waals surface area contributed by atoms with Crippen LogP contribution in [0.15, 0.2) is 30.4 Å². The highest BCUT2D eigenvalue weighted by molar-refractivity contribution is 6.34. The molecule has 0 saturated heterocycles. The number of amides is 1. The molecule has 0 saturated carbocycles. The van der Waals surface area contributed by atoms with Crippen molar-refractivity contribution in [1.82, 2.24) is 19.8 Å². The predicted octanol–water partition coefficient (Wildman–Crippen LogP) is 3.65. The van der Waals surface area contributed by atoms with Crippen molar-refractivity contribution in [2.45, 2.75) is 33.1 Å². The fraction of sp³-hybridized carbons (Fsp3) is 0.300. The van der Waals surface area contributed by atoms with Crippen molar-refractivity contribution in [3.8, 4) is 11.4 Å². The first-order valence-electron chi connectivity index (χ1n) is 8.93. The van der Waals surface area contributed by atoms with Crippen LogP contribution in [-0.4, -0.2) is 38.8 Å². The van der Waals surface area contributed by atoms with Gasteiger partial charge in [0.1, 0.15) is 5.02 Å². The zero-order valence-electron chi connectivity index (χ0n) is 16.8. The maximum absolute atomic E-state index is 11.9. The van der Waals surface area contributed by atoms with Gasteiger partial charge in [-0.1, -0.05) is 32.4 Å². The van der Waals surface area contributed by atoms with Crippen molar-refractivity contribution >= 4 is 34.8 Å². The SMILES string of the molecule is COC(=O)C=CC(=O)Nc1ccc(-c2nc3c(Cl)c(C(C)(C)C)[nH]n3n2)c(C)c1. The first-order chi connectivity index (χ1) is 13.6. The molecule has 0 unspecified atom stereocenters. The molecule has 2 N–H and O–H groups in total. The molecule has 1 aromatic carbocycles. The maximum Gasteiger partial charge on any atom is 0.330 e. The molecule has 0 aliphatic rings. The molecular weight excluding hydrogens is 394 g/mol. The number of anilines is 1. The molecule has 0 bridgehead atoms. The van der Waals surface area contributed by atoms with Gasteiger partial charge in [-0.15, -0.1) is 5.10 Å². The first kappa shape index (κ1) is 20.6. The third-order valence-electron chi connectivity index (χ3n) is 4.30. The third kappa shape index (κ3) is 4.32. The first-order valence-corrected chi connectivity index (χ1v) is 9.30. The van der Waals surface area contributed by atoms with E-state index in [0.29, 0.717) is 22.2 Å². The van der Waals surface area contributed by atoms with E-state index in [1.165, 1.54) is 7.11 Å². The maximum atomic E-state index is 11.9. The molecule has 3 rings (SSSR count). The normalized spacial score (nSPS) is 11.9. The Bertz CT molecular complexity index is 1120. The second kappa shape index (κ2) is 7.71. The van der Waals surface area contributed by atoms with Crippen LogP contribution in [0.5, 0.6) is 0 Å². The van der Waals surface area contributed by atoms with Crippen LogP contribution in [0.2, 0.25) is 5.02 Å². The van der Waals surface area contributed by atoms with Gasteiger partial charge < -0.3 is 10.1 Å². The molecule has 0 spiro atoms. The number of nitrogens with zero attached hydrogens (tertiary/aromatic N) is 3. The summed E-state index contributed by atoms with van der Waals surface area (Å²) in [6.45, 7) is 8.07. The van der Waals surface area contributed by atoms with Gasteiger partial charge in [-0.05, 0) is 30.7 Å². The number of carbonyl (C=O) groups excluding carboxylic acids is 2. The van der Waals surface area contributed by atoms with Crippen LogP contribution in [0.1, 0.15) is 32.0 Å². The van der Waals surface area contributed by atoms with E-state index < -0.39 is 11.9 Å². The molecule has 0 fully saturated rings. The van der Waals surface area contributed by atoms with Gasteiger partial charge in [0.05, 0.1) is 12.8 Å². The molecule has 29 heavy (non-hydrogen) atoms. The minimum atomic E-state index is -0.596. The molecule has 0 aliphatic heterocycles. The number of hydrogen-bond acceptors (Lipinski definition) is 5. The summed E-state index contributed by atoms with van der Waals surface area (Å²) in [6.07, 6.45) is 2.17. The third-order valence-corrected chi connectivity index (χ3v) is 4.66. The molecule has 2 aromatic heterocycles. The fourth-order valence-corrected chi connectivity index (χ4v) is 3.25. The summed E-state index contributed by atoms with van der Waals surface area (Å²) < 4.78 is 6.03. The Hall–Kier alpha value is -3.13. The van der Waals surface area contributed by atoms with Crippen LogP contribution in [0.4, 0.5) is 5.69 Å². The van der Waals surface area contributed by atoms with Gasteiger partial charge in [0, 0.05) is 28.8 Å². The summed E-state index contributed by atoms with van der Waals surface area (Å²) in [5.74, 6) is -0.501. The number of fused-ring (bicyclic) bond motifs is 1. The number of H-pyrrole nitrogens is 1. The van der Waals surface area contributed by atoms with E-state index in [2.05, 4.69) is 46.0 Å². The molecule has 8 nitrogen and oxygen atoms in total. The van der Waals surface area contributed by atoms with Crippen molar-refractivity contribution < 1.29 is 14.3 Å². The van der Waals surface area contributed by atoms with Crippen LogP contribution in [0.3, 0.4) is 0 Å². The molecule has 0 atom stereocenters. The number of aromatic nitrogens is 4. The standard InChI is InChI=1S/C20H22ClN5O3/c1-11-10-12(22-14(27)8-9-15(28)29-5)6-7-13(11)18-23-19-16(21)17(20(2,3)4)24-26(19)25-18/h6-10,24H,1-5H3,(H,22,27). The highest BCUT2D eigenvalue weighted by Gasteiger charge is 2.24. The Morgan fingerprint density at radius 1 is 1.28 bits per heavy atom. The van der Waals surface area contributed by atoms with Crippen LogP contribution in [0.25, 0.3) is 17.0 Å². The number of halogens is 1. The van der Waals surface area contributed by atoms with E-state index in [1.807, 2.05) is 13.0 Å². The van der Waals surface area contributed by atoms with Crippen molar-refractivity contribution in [2.75, 3.05) is 12.4 Å². The van der Waals surface area contributed by atoms with Crippen LogP contribution < -0.4 is 5.32 Å². The molecule has 0 aliphatic carbocycles. The van der Waals surface area contributed by atoms with Gasteiger partial charge in [-0.2, -0.15) is 4.63 Å². The molecule has 9 heteroatoms. The smallest absolute Gasteiger partial charge is 0.330 e. The Morgan fingerprint density at radius 2 is 2.00 bits per heavy atom. The van der Waals surface area contributed by atoms with Gasteiger partial charge in [0.15, 0.2) is 11.5 Å². The fourth-order valence-electron chi connectivity index (χ4n) is 2.80. The van der Waals surface area contributed by atoms with Gasteiger partial charge in [0.2, 0.25) is 5.91 Å². The Kier molecular flexibility index (Phi) is 5.48. The molecule has 3 aromatic rings. The summed E-state index contributed by atoms with van der Waals surface area (Å²) in [4.78, 5) is 27.5. The van der Waals surface area contributed by atoms with Gasteiger partial charge in [0.25, 0.3) is 0 Å². The lowest BCUT2D eigenvalue weighted by Gasteiger charge is -2.16. The average Bonchev–Trinajstić information content (AvgIpc) is 3.19. The summed E-state index contributed by atoms with van der Waals surface area (Å²) >= 11 is 6.49. The Labute approximate surface area is 172 Å². The molecular formula is C20H22ClN5O3. The number of aryl methyl sites for hydroxylation is 1. The molecule has 152 valence electrons. The van der Waals surface area contributed by atoms with E-state index >= 15 is 0 Å². The average molecular weight is 416 g/mol. The highest BCUT2D eigenvalue weighted by Crippen LogP contribution is 2.32. The molecule has 2 heterocycles. The van der Waals surface area contributed by atoms with Crippen molar-refractivity contribution in [3.63, 3.8) is 0 Å². The number of rotatable bonds is 4. The van der Waals surface area contributed by atoms with Gasteiger partial charge >= 0.3 is 5.97 Å². The van der Waals surface area contributed by atoms with E-state index in [9.17, 15) is 9.59 Å². The van der Waals surface area contributed by atoms with Crippen LogP contribution in [0, 0.1) is 6.92 Å². The molecule has 1 amide bonds. The number of aromatic amines is 1.